The first-order chi connectivity index (χ1) is 4.84. The lowest BCUT2D eigenvalue weighted by atomic mass is 10.4. The third-order valence-electron chi connectivity index (χ3n) is 1.50. The molecule has 1 heterocycles. The van der Waals surface area contributed by atoms with E-state index in [0.29, 0.717) is 0 Å². The first-order valence-corrected chi connectivity index (χ1v) is 3.77. The Morgan fingerprint density at radius 3 is 2.60 bits per heavy atom. The molecule has 0 aromatic carbocycles. The summed E-state index contributed by atoms with van der Waals surface area (Å²) in [6, 6.07) is -0.133. The predicted molar refractivity (Wildman–Crippen MR) is 41.6 cm³/mol. The number of hydrogen-bond donors (Lipinski definition) is 1. The third-order valence-corrected chi connectivity index (χ3v) is 1.72. The summed E-state index contributed by atoms with van der Waals surface area (Å²) < 4.78 is 3.49. The zero-order chi connectivity index (χ0) is 7.40. The van der Waals surface area contributed by atoms with Gasteiger partial charge in [0, 0.05) is 26.2 Å². The molecular formula is C5H11N3OP-. The summed E-state index contributed by atoms with van der Waals surface area (Å²) >= 11 is 0. The largest absolute Gasteiger partial charge is 0.846 e. The second-order valence-electron chi connectivity index (χ2n) is 2.15. The molecular weight excluding hydrogens is 149 g/mol. The van der Waals surface area contributed by atoms with Gasteiger partial charge in [-0.25, -0.2) is 0 Å². The molecule has 0 bridgehead atoms. The highest BCUT2D eigenvalue weighted by molar-refractivity contribution is 7.15. The Morgan fingerprint density at radius 2 is 2.10 bits per heavy atom. The maximum atomic E-state index is 10.9. The van der Waals surface area contributed by atoms with Gasteiger partial charge in [0.2, 0.25) is 0 Å². The van der Waals surface area contributed by atoms with E-state index in [4.69, 9.17) is 0 Å². The summed E-state index contributed by atoms with van der Waals surface area (Å²) in [5, 5.41) is 14.0. The summed E-state index contributed by atoms with van der Waals surface area (Å²) in [6.45, 7) is 3.31. The van der Waals surface area contributed by atoms with Crippen LogP contribution in [-0.4, -0.2) is 37.1 Å². The molecule has 0 aliphatic carbocycles. The van der Waals surface area contributed by atoms with Crippen LogP contribution in [0.2, 0.25) is 0 Å². The van der Waals surface area contributed by atoms with Crippen LogP contribution in [-0.2, 0) is 0 Å². The van der Waals surface area contributed by atoms with Gasteiger partial charge in [-0.1, -0.05) is 0 Å². The van der Waals surface area contributed by atoms with Crippen molar-refractivity contribution in [3.8, 4) is 0 Å². The fourth-order valence-corrected chi connectivity index (χ4v) is 1.10. The van der Waals surface area contributed by atoms with E-state index < -0.39 is 0 Å². The maximum Gasteiger partial charge on any atom is 0.0539 e. The standard InChI is InChI=1S/C5H12N3OP/c9-5(7-10)8-3-1-6-2-4-8/h6H,1-4,10H2,(H,7,9)/p-1. The summed E-state index contributed by atoms with van der Waals surface area (Å²) in [5.41, 5.74) is 0. The van der Waals surface area contributed by atoms with Crippen LogP contribution in [0.3, 0.4) is 0 Å². The van der Waals surface area contributed by atoms with Crippen molar-refractivity contribution in [2.24, 2.45) is 4.76 Å². The van der Waals surface area contributed by atoms with Crippen LogP contribution in [0.5, 0.6) is 0 Å². The molecule has 1 N–H and O–H groups in total. The van der Waals surface area contributed by atoms with Crippen LogP contribution in [0.15, 0.2) is 4.76 Å². The molecule has 0 aromatic rings. The van der Waals surface area contributed by atoms with Gasteiger partial charge in [0.05, 0.1) is 6.02 Å². The van der Waals surface area contributed by atoms with Crippen molar-refractivity contribution in [1.29, 1.82) is 0 Å². The quantitative estimate of drug-likeness (QED) is 0.264. The van der Waals surface area contributed by atoms with Crippen molar-refractivity contribution in [2.75, 3.05) is 26.2 Å². The lowest BCUT2D eigenvalue weighted by molar-refractivity contribution is -0.234. The SMILES string of the molecule is [O-]/C(=N\P)N1CCNCC1. The molecule has 0 radical (unpaired) electrons. The lowest BCUT2D eigenvalue weighted by Crippen LogP contribution is -2.50. The van der Waals surface area contributed by atoms with Gasteiger partial charge >= 0.3 is 0 Å². The molecule has 0 aromatic heterocycles. The van der Waals surface area contributed by atoms with E-state index in [1.165, 1.54) is 0 Å². The number of rotatable bonds is 0. The molecule has 1 saturated heterocycles. The first kappa shape index (κ1) is 7.76. The highest BCUT2D eigenvalue weighted by atomic mass is 31.0. The van der Waals surface area contributed by atoms with Gasteiger partial charge in [0.15, 0.2) is 0 Å². The van der Waals surface area contributed by atoms with Crippen LogP contribution >= 0.6 is 9.39 Å². The molecule has 0 amide bonds. The Balaban J connectivity index is 2.39. The van der Waals surface area contributed by atoms with Gasteiger partial charge in [0.1, 0.15) is 0 Å². The molecule has 1 rings (SSSR count). The smallest absolute Gasteiger partial charge is 0.0539 e. The molecule has 58 valence electrons. The maximum absolute atomic E-state index is 10.9. The van der Waals surface area contributed by atoms with Crippen molar-refractivity contribution in [2.45, 2.75) is 0 Å². The van der Waals surface area contributed by atoms with Gasteiger partial charge in [-0.05, 0) is 9.39 Å². The van der Waals surface area contributed by atoms with E-state index in [1.54, 1.807) is 4.90 Å². The van der Waals surface area contributed by atoms with Crippen molar-refractivity contribution in [3.05, 3.63) is 0 Å². The van der Waals surface area contributed by atoms with Gasteiger partial charge in [-0.15, -0.1) is 0 Å². The second kappa shape index (κ2) is 3.74. The second-order valence-corrected chi connectivity index (χ2v) is 2.41. The van der Waals surface area contributed by atoms with E-state index >= 15 is 0 Å². The molecule has 0 spiro atoms. The van der Waals surface area contributed by atoms with Gasteiger partial charge in [-0.2, -0.15) is 0 Å². The number of piperazine rings is 1. The van der Waals surface area contributed by atoms with Crippen LogP contribution in [0.1, 0.15) is 0 Å². The monoisotopic (exact) mass is 160 g/mol. The third kappa shape index (κ3) is 1.82. The Morgan fingerprint density at radius 1 is 1.50 bits per heavy atom. The fourth-order valence-electron chi connectivity index (χ4n) is 0.938. The lowest BCUT2D eigenvalue weighted by Gasteiger charge is -2.32. The summed E-state index contributed by atoms with van der Waals surface area (Å²) in [5.74, 6) is 0. The Labute approximate surface area is 62.6 Å². The first-order valence-electron chi connectivity index (χ1n) is 3.25. The minimum Gasteiger partial charge on any atom is -0.846 e. The normalized spacial score (nSPS) is 21.3. The molecule has 1 fully saturated rings. The molecule has 4 nitrogen and oxygen atoms in total. The fraction of sp³-hybridized carbons (Fsp3) is 0.800. The van der Waals surface area contributed by atoms with Crippen molar-refractivity contribution >= 4 is 15.4 Å². The summed E-state index contributed by atoms with van der Waals surface area (Å²) in [6.07, 6.45) is 0. The predicted octanol–water partition coefficient (Wildman–Crippen LogP) is -1.60. The molecule has 5 heteroatoms. The van der Waals surface area contributed by atoms with Crippen LogP contribution in [0, 0.1) is 0 Å². The van der Waals surface area contributed by atoms with Crippen LogP contribution < -0.4 is 10.4 Å². The van der Waals surface area contributed by atoms with Gasteiger partial charge in [-0.3, -0.25) is 4.76 Å². The number of nitrogens with zero attached hydrogens (tertiary/aromatic N) is 2. The van der Waals surface area contributed by atoms with Crippen molar-refractivity contribution in [3.63, 3.8) is 0 Å². The number of amidine groups is 1. The highest BCUT2D eigenvalue weighted by Crippen LogP contribution is 1.93. The van der Waals surface area contributed by atoms with E-state index in [-0.39, 0.29) is 6.02 Å². The van der Waals surface area contributed by atoms with E-state index in [1.807, 2.05) is 0 Å². The van der Waals surface area contributed by atoms with Crippen LogP contribution in [0.4, 0.5) is 0 Å². The van der Waals surface area contributed by atoms with E-state index in [9.17, 15) is 5.11 Å². The molecule has 0 saturated carbocycles. The minimum atomic E-state index is -0.133. The average Bonchev–Trinajstić information content (AvgIpc) is 2.05. The minimum absolute atomic E-state index is 0.133. The molecule has 1 unspecified atom stereocenters. The zero-order valence-corrected chi connectivity index (χ0v) is 6.86. The van der Waals surface area contributed by atoms with Crippen LogP contribution in [0.25, 0.3) is 0 Å². The van der Waals surface area contributed by atoms with Crippen molar-refractivity contribution < 1.29 is 5.11 Å². The molecule has 1 aliphatic heterocycles. The summed E-state index contributed by atoms with van der Waals surface area (Å²) in [4.78, 5) is 1.73. The van der Waals surface area contributed by atoms with Gasteiger partial charge < -0.3 is 15.3 Å². The zero-order valence-electron chi connectivity index (χ0n) is 5.71. The Bertz CT molecular complexity index is 133. The summed E-state index contributed by atoms with van der Waals surface area (Å²) in [7, 11) is 2.08. The highest BCUT2D eigenvalue weighted by Gasteiger charge is 2.06. The molecule has 1 atom stereocenters. The topological polar surface area (TPSA) is 50.7 Å². The van der Waals surface area contributed by atoms with E-state index in [2.05, 4.69) is 19.5 Å². The molecule has 10 heavy (non-hydrogen) atoms. The Kier molecular flexibility index (Phi) is 2.90. The number of nitrogens with one attached hydrogen (secondary N) is 1. The van der Waals surface area contributed by atoms with E-state index in [0.717, 1.165) is 26.2 Å². The molecule has 1 aliphatic rings. The van der Waals surface area contributed by atoms with Crippen molar-refractivity contribution in [1.82, 2.24) is 10.2 Å². The average molecular weight is 160 g/mol. The number of hydrogen-bond acceptors (Lipinski definition) is 3. The Hall–Kier alpha value is -0.340. The van der Waals surface area contributed by atoms with Gasteiger partial charge in [0.25, 0.3) is 0 Å².